The van der Waals surface area contributed by atoms with Gasteiger partial charge in [-0.15, -0.1) is 0 Å². The summed E-state index contributed by atoms with van der Waals surface area (Å²) in [6, 6.07) is 0. The number of halogens is 10. The highest BCUT2D eigenvalue weighted by Crippen LogP contribution is 2.46. The van der Waals surface area contributed by atoms with Crippen LogP contribution >= 0.6 is 0 Å². The summed E-state index contributed by atoms with van der Waals surface area (Å²) in [7, 11) is 0. The van der Waals surface area contributed by atoms with Crippen LogP contribution in [-0.2, 0) is 0 Å². The molecule has 0 saturated heterocycles. The maximum atomic E-state index is 12.6. The molecule has 0 fully saturated rings. The fourth-order valence-electron chi connectivity index (χ4n) is 0.708. The summed E-state index contributed by atoms with van der Waals surface area (Å²) in [4.78, 5) is 0. The fourth-order valence-corrected chi connectivity index (χ4v) is 0.708. The van der Waals surface area contributed by atoms with Crippen molar-refractivity contribution in [2.24, 2.45) is 0 Å². The van der Waals surface area contributed by atoms with Gasteiger partial charge in [0.15, 0.2) is 11.4 Å². The summed E-state index contributed by atoms with van der Waals surface area (Å²) in [5.74, 6) is -10.1. The molecule has 0 spiro atoms. The average molecular weight is 296 g/mol. The van der Waals surface area contributed by atoms with Crippen molar-refractivity contribution >= 4 is 0 Å². The lowest BCUT2D eigenvalue weighted by molar-refractivity contribution is -0.338. The third-order valence-electron chi connectivity index (χ3n) is 1.49. The molecular formula is C6H2F10O2. The maximum absolute atomic E-state index is 12.6. The Balaban J connectivity index is 6.11. The number of hydrogen-bond donors (Lipinski definition) is 2. The molecule has 0 aliphatic heterocycles. The van der Waals surface area contributed by atoms with Crippen LogP contribution in [0.25, 0.3) is 0 Å². The van der Waals surface area contributed by atoms with Gasteiger partial charge in [0.1, 0.15) is 0 Å². The number of hydrogen-bond acceptors (Lipinski definition) is 2. The Hall–Kier alpha value is -1.04. The first-order chi connectivity index (χ1) is 7.53. The summed E-state index contributed by atoms with van der Waals surface area (Å²) in [5, 5.41) is 16.0. The van der Waals surface area contributed by atoms with Crippen LogP contribution in [0.5, 0.6) is 0 Å². The standard InChI is InChI=1S/C6H2F10O2/c7-2(3(17,18)6(14,15)16)1(4(8,9)10)5(11,12)13/h17-18H. The number of aliphatic hydroxyl groups is 2. The molecule has 18 heavy (non-hydrogen) atoms. The Labute approximate surface area is 91.1 Å². The predicted molar refractivity (Wildman–Crippen MR) is 33.5 cm³/mol. The van der Waals surface area contributed by atoms with Crippen molar-refractivity contribution < 1.29 is 54.1 Å². The minimum absolute atomic E-state index is 4.20. The molecule has 0 amide bonds. The summed E-state index contributed by atoms with van der Waals surface area (Å²) in [6.07, 6.45) is -19.7. The molecule has 0 rings (SSSR count). The van der Waals surface area contributed by atoms with E-state index >= 15 is 0 Å². The summed E-state index contributed by atoms with van der Waals surface area (Å²) >= 11 is 0. The third-order valence-corrected chi connectivity index (χ3v) is 1.49. The van der Waals surface area contributed by atoms with E-state index in [4.69, 9.17) is 10.2 Å². The van der Waals surface area contributed by atoms with Gasteiger partial charge in [-0.25, -0.2) is 4.39 Å². The quantitative estimate of drug-likeness (QED) is 0.577. The number of allylic oxidation sites excluding steroid dienone is 1. The topological polar surface area (TPSA) is 40.5 Å². The van der Waals surface area contributed by atoms with Crippen LogP contribution in [-0.4, -0.2) is 34.5 Å². The molecule has 0 bridgehead atoms. The normalized spacial score (nSPS) is 14.7. The van der Waals surface area contributed by atoms with E-state index in [2.05, 4.69) is 0 Å². The van der Waals surface area contributed by atoms with Crippen molar-refractivity contribution in [2.45, 2.75) is 24.3 Å². The Morgan fingerprint density at radius 1 is 0.667 bits per heavy atom. The predicted octanol–water partition coefficient (Wildman–Crippen LogP) is 2.58. The molecule has 0 aromatic heterocycles. The first-order valence-electron chi connectivity index (χ1n) is 3.59. The zero-order valence-electron chi connectivity index (χ0n) is 7.67. The van der Waals surface area contributed by atoms with Gasteiger partial charge in [0.2, 0.25) is 0 Å². The van der Waals surface area contributed by atoms with Crippen LogP contribution in [0.4, 0.5) is 43.9 Å². The van der Waals surface area contributed by atoms with E-state index in [0.717, 1.165) is 0 Å². The summed E-state index contributed by atoms with van der Waals surface area (Å²) < 4.78 is 118. The molecule has 0 aliphatic carbocycles. The van der Waals surface area contributed by atoms with E-state index in [0.29, 0.717) is 0 Å². The van der Waals surface area contributed by atoms with Gasteiger partial charge in [0.25, 0.3) is 0 Å². The molecule has 0 aromatic carbocycles. The average Bonchev–Trinajstić information content (AvgIpc) is 1.95. The van der Waals surface area contributed by atoms with Crippen LogP contribution in [0, 0.1) is 0 Å². The van der Waals surface area contributed by atoms with E-state index in [-0.39, 0.29) is 0 Å². The zero-order valence-corrected chi connectivity index (χ0v) is 7.67. The molecular weight excluding hydrogens is 294 g/mol. The van der Waals surface area contributed by atoms with Crippen molar-refractivity contribution in [1.29, 1.82) is 0 Å². The van der Waals surface area contributed by atoms with Crippen molar-refractivity contribution in [1.82, 2.24) is 0 Å². The first-order valence-corrected chi connectivity index (χ1v) is 3.59. The van der Waals surface area contributed by atoms with Gasteiger partial charge in [-0.2, -0.15) is 39.5 Å². The van der Waals surface area contributed by atoms with Gasteiger partial charge in [-0.05, 0) is 0 Å². The second kappa shape index (κ2) is 4.26. The highest BCUT2D eigenvalue weighted by atomic mass is 19.4. The number of rotatable bonds is 1. The van der Waals surface area contributed by atoms with Crippen molar-refractivity contribution in [3.63, 3.8) is 0 Å². The van der Waals surface area contributed by atoms with E-state index in [1.807, 2.05) is 0 Å². The van der Waals surface area contributed by atoms with Gasteiger partial charge in [-0.1, -0.05) is 0 Å². The molecule has 2 N–H and O–H groups in total. The van der Waals surface area contributed by atoms with E-state index in [1.165, 1.54) is 0 Å². The van der Waals surface area contributed by atoms with Crippen LogP contribution in [0.15, 0.2) is 11.4 Å². The van der Waals surface area contributed by atoms with Crippen LogP contribution in [0.3, 0.4) is 0 Å². The van der Waals surface area contributed by atoms with Crippen LogP contribution in [0.2, 0.25) is 0 Å². The smallest absolute Gasteiger partial charge is 0.353 e. The molecule has 0 saturated carbocycles. The molecule has 0 radical (unpaired) electrons. The molecule has 108 valence electrons. The molecule has 0 aromatic rings. The van der Waals surface area contributed by atoms with Crippen LogP contribution < -0.4 is 0 Å². The van der Waals surface area contributed by atoms with E-state index in [9.17, 15) is 43.9 Å². The lowest BCUT2D eigenvalue weighted by Gasteiger charge is -2.26. The first kappa shape index (κ1) is 17.0. The van der Waals surface area contributed by atoms with Crippen LogP contribution in [0.1, 0.15) is 0 Å². The second-order valence-corrected chi connectivity index (χ2v) is 2.85. The van der Waals surface area contributed by atoms with Crippen molar-refractivity contribution in [2.75, 3.05) is 0 Å². The van der Waals surface area contributed by atoms with E-state index < -0.39 is 35.7 Å². The Morgan fingerprint density at radius 2 is 0.944 bits per heavy atom. The summed E-state index contributed by atoms with van der Waals surface area (Å²) in [5.41, 5.74) is -4.28. The molecule has 2 nitrogen and oxygen atoms in total. The van der Waals surface area contributed by atoms with Gasteiger partial charge in [0, 0.05) is 0 Å². The Morgan fingerprint density at radius 3 is 1.11 bits per heavy atom. The van der Waals surface area contributed by atoms with Gasteiger partial charge in [-0.3, -0.25) is 0 Å². The number of alkyl halides is 9. The lowest BCUT2D eigenvalue weighted by atomic mass is 10.1. The monoisotopic (exact) mass is 296 g/mol. The minimum atomic E-state index is -6.59. The molecule has 0 unspecified atom stereocenters. The summed E-state index contributed by atoms with van der Waals surface area (Å²) in [6.45, 7) is 0. The Bertz CT molecular complexity index is 327. The maximum Gasteiger partial charge on any atom is 0.450 e. The lowest BCUT2D eigenvalue weighted by Crippen LogP contribution is -2.48. The van der Waals surface area contributed by atoms with Gasteiger partial charge in [0.05, 0.1) is 0 Å². The molecule has 0 heterocycles. The fraction of sp³-hybridized carbons (Fsp3) is 0.667. The van der Waals surface area contributed by atoms with E-state index in [1.54, 1.807) is 0 Å². The molecule has 12 heteroatoms. The van der Waals surface area contributed by atoms with Gasteiger partial charge >= 0.3 is 24.3 Å². The molecule has 0 atom stereocenters. The second-order valence-electron chi connectivity index (χ2n) is 2.85. The highest BCUT2D eigenvalue weighted by molar-refractivity contribution is 5.25. The molecule has 0 aliphatic rings. The van der Waals surface area contributed by atoms with Crippen molar-refractivity contribution in [3.8, 4) is 0 Å². The Kier molecular flexibility index (Phi) is 4.01. The third kappa shape index (κ3) is 3.25. The van der Waals surface area contributed by atoms with Crippen molar-refractivity contribution in [3.05, 3.63) is 11.4 Å². The minimum Gasteiger partial charge on any atom is -0.353 e. The highest BCUT2D eigenvalue weighted by Gasteiger charge is 2.64. The largest absolute Gasteiger partial charge is 0.450 e. The zero-order chi connectivity index (χ0) is 15.2. The SMILES string of the molecule is OC(O)(C(F)=C(C(F)(F)F)C(F)(F)F)C(F)(F)F. The van der Waals surface area contributed by atoms with Gasteiger partial charge < -0.3 is 10.2 Å².